The Labute approximate surface area is 93.6 Å². The van der Waals surface area contributed by atoms with Gasteiger partial charge < -0.3 is 0 Å². The molecule has 2 aliphatic carbocycles. The van der Waals surface area contributed by atoms with Crippen LogP contribution in [0, 0.1) is 11.3 Å². The summed E-state index contributed by atoms with van der Waals surface area (Å²) in [5.74, 6) is 0.851. The summed E-state index contributed by atoms with van der Waals surface area (Å²) in [5.41, 5.74) is 3.82. The van der Waals surface area contributed by atoms with Crippen molar-refractivity contribution in [3.8, 4) is 0 Å². The maximum atomic E-state index is 4.78. The highest BCUT2D eigenvalue weighted by Gasteiger charge is 2.47. The molecule has 0 aromatic carbocycles. The van der Waals surface area contributed by atoms with E-state index in [2.05, 4.69) is 20.8 Å². The van der Waals surface area contributed by atoms with Crippen molar-refractivity contribution >= 4 is 12.6 Å². The van der Waals surface area contributed by atoms with Gasteiger partial charge in [0.1, 0.15) is 0 Å². The smallest absolute Gasteiger partial charge is 0.00534 e. The Kier molecular flexibility index (Phi) is 2.72. The molecule has 0 radical (unpaired) electrons. The summed E-state index contributed by atoms with van der Waals surface area (Å²) in [6, 6.07) is 0. The van der Waals surface area contributed by atoms with Crippen LogP contribution in [0.4, 0.5) is 0 Å². The molecule has 14 heavy (non-hydrogen) atoms. The highest BCUT2D eigenvalue weighted by molar-refractivity contribution is 7.81. The van der Waals surface area contributed by atoms with Crippen LogP contribution in [-0.2, 0) is 0 Å². The SMILES string of the molecule is CC(C)=C1CCC2C(S)CCCC12C. The monoisotopic (exact) mass is 210 g/mol. The van der Waals surface area contributed by atoms with Gasteiger partial charge >= 0.3 is 0 Å². The standard InChI is InChI=1S/C13H22S/c1-9(2)10-6-7-11-12(14)5-4-8-13(10,11)3/h11-12,14H,4-8H2,1-3H3. The first-order chi connectivity index (χ1) is 6.55. The summed E-state index contributed by atoms with van der Waals surface area (Å²) in [5, 5.41) is 0.658. The third-order valence-electron chi connectivity index (χ3n) is 4.48. The first kappa shape index (κ1) is 10.6. The number of thiol groups is 1. The van der Waals surface area contributed by atoms with Crippen molar-refractivity contribution in [3.63, 3.8) is 0 Å². The fourth-order valence-corrected chi connectivity index (χ4v) is 4.44. The van der Waals surface area contributed by atoms with E-state index in [9.17, 15) is 0 Å². The van der Waals surface area contributed by atoms with Crippen molar-refractivity contribution in [1.29, 1.82) is 0 Å². The molecule has 0 spiro atoms. The molecule has 0 bridgehead atoms. The molecule has 2 saturated carbocycles. The van der Waals surface area contributed by atoms with E-state index in [0.717, 1.165) is 5.92 Å². The Morgan fingerprint density at radius 1 is 1.36 bits per heavy atom. The molecular formula is C13H22S. The molecule has 0 amide bonds. The number of hydrogen-bond acceptors (Lipinski definition) is 1. The Hall–Kier alpha value is 0.0900. The van der Waals surface area contributed by atoms with Crippen LogP contribution in [0.3, 0.4) is 0 Å². The number of rotatable bonds is 0. The van der Waals surface area contributed by atoms with Crippen LogP contribution in [-0.4, -0.2) is 5.25 Å². The lowest BCUT2D eigenvalue weighted by molar-refractivity contribution is 0.196. The molecule has 0 N–H and O–H groups in total. The fourth-order valence-electron chi connectivity index (χ4n) is 3.78. The van der Waals surface area contributed by atoms with Crippen LogP contribution < -0.4 is 0 Å². The van der Waals surface area contributed by atoms with Crippen LogP contribution in [0.25, 0.3) is 0 Å². The second-order valence-electron chi connectivity index (χ2n) is 5.50. The minimum absolute atomic E-state index is 0.503. The summed E-state index contributed by atoms with van der Waals surface area (Å²) in [6.07, 6.45) is 6.82. The van der Waals surface area contributed by atoms with E-state index in [1.54, 1.807) is 11.1 Å². The molecule has 0 saturated heterocycles. The minimum Gasteiger partial charge on any atom is -0.176 e. The van der Waals surface area contributed by atoms with Crippen LogP contribution in [0.2, 0.25) is 0 Å². The van der Waals surface area contributed by atoms with E-state index < -0.39 is 0 Å². The first-order valence-corrected chi connectivity index (χ1v) is 6.42. The molecule has 80 valence electrons. The van der Waals surface area contributed by atoms with Crippen LogP contribution in [0.1, 0.15) is 52.9 Å². The average Bonchev–Trinajstić information content (AvgIpc) is 2.43. The largest absolute Gasteiger partial charge is 0.176 e. The number of hydrogen-bond donors (Lipinski definition) is 1. The van der Waals surface area contributed by atoms with Crippen LogP contribution >= 0.6 is 12.6 Å². The molecule has 2 fully saturated rings. The third kappa shape index (κ3) is 1.44. The first-order valence-electron chi connectivity index (χ1n) is 5.90. The lowest BCUT2D eigenvalue weighted by Gasteiger charge is -2.41. The quantitative estimate of drug-likeness (QED) is 0.449. The van der Waals surface area contributed by atoms with Gasteiger partial charge in [-0.15, -0.1) is 0 Å². The van der Waals surface area contributed by atoms with Crippen LogP contribution in [0.5, 0.6) is 0 Å². The maximum absolute atomic E-state index is 4.78. The zero-order chi connectivity index (χ0) is 10.3. The van der Waals surface area contributed by atoms with E-state index in [4.69, 9.17) is 12.6 Å². The van der Waals surface area contributed by atoms with Gasteiger partial charge in [0.05, 0.1) is 0 Å². The minimum atomic E-state index is 0.503. The molecule has 2 aliphatic rings. The van der Waals surface area contributed by atoms with Gasteiger partial charge in [-0.1, -0.05) is 24.5 Å². The van der Waals surface area contributed by atoms with Crippen molar-refractivity contribution in [1.82, 2.24) is 0 Å². The summed E-state index contributed by atoms with van der Waals surface area (Å²) in [4.78, 5) is 0. The van der Waals surface area contributed by atoms with E-state index in [0.29, 0.717) is 10.7 Å². The molecule has 0 aromatic rings. The zero-order valence-electron chi connectivity index (χ0n) is 9.64. The second kappa shape index (κ2) is 3.59. The van der Waals surface area contributed by atoms with E-state index in [1.165, 1.54) is 32.1 Å². The number of allylic oxidation sites excluding steroid dienone is 2. The Bertz CT molecular complexity index is 262. The molecule has 3 atom stereocenters. The summed E-state index contributed by atoms with van der Waals surface area (Å²) < 4.78 is 0. The van der Waals surface area contributed by atoms with E-state index in [1.807, 2.05) is 0 Å². The zero-order valence-corrected chi connectivity index (χ0v) is 10.5. The highest BCUT2D eigenvalue weighted by Crippen LogP contribution is 2.57. The molecule has 0 heterocycles. The predicted octanol–water partition coefficient (Wildman–Crippen LogP) is 4.22. The van der Waals surface area contributed by atoms with Gasteiger partial charge in [-0.3, -0.25) is 0 Å². The molecular weight excluding hydrogens is 188 g/mol. The van der Waals surface area contributed by atoms with Gasteiger partial charge in [-0.25, -0.2) is 0 Å². The molecule has 1 heteroatoms. The maximum Gasteiger partial charge on any atom is 0.00534 e. The molecule has 2 rings (SSSR count). The van der Waals surface area contributed by atoms with Crippen molar-refractivity contribution in [3.05, 3.63) is 11.1 Å². The van der Waals surface area contributed by atoms with Crippen molar-refractivity contribution in [2.75, 3.05) is 0 Å². The molecule has 0 nitrogen and oxygen atoms in total. The molecule has 0 aliphatic heterocycles. The van der Waals surface area contributed by atoms with Gasteiger partial charge in [0, 0.05) is 5.25 Å². The van der Waals surface area contributed by atoms with Crippen molar-refractivity contribution in [2.24, 2.45) is 11.3 Å². The van der Waals surface area contributed by atoms with Gasteiger partial charge in [0.25, 0.3) is 0 Å². The van der Waals surface area contributed by atoms with Gasteiger partial charge in [-0.05, 0) is 50.9 Å². The van der Waals surface area contributed by atoms with Crippen LogP contribution in [0.15, 0.2) is 11.1 Å². The molecule has 0 aromatic heterocycles. The summed E-state index contributed by atoms with van der Waals surface area (Å²) in [7, 11) is 0. The molecule has 3 unspecified atom stereocenters. The second-order valence-corrected chi connectivity index (χ2v) is 6.16. The van der Waals surface area contributed by atoms with Crippen molar-refractivity contribution in [2.45, 2.75) is 58.1 Å². The average molecular weight is 210 g/mol. The Balaban J connectivity index is 2.34. The Morgan fingerprint density at radius 3 is 2.71 bits per heavy atom. The topological polar surface area (TPSA) is 0 Å². The van der Waals surface area contributed by atoms with Crippen molar-refractivity contribution < 1.29 is 0 Å². The fraction of sp³-hybridized carbons (Fsp3) is 0.846. The van der Waals surface area contributed by atoms with E-state index >= 15 is 0 Å². The van der Waals surface area contributed by atoms with Gasteiger partial charge in [-0.2, -0.15) is 12.6 Å². The highest BCUT2D eigenvalue weighted by atomic mass is 32.1. The lowest BCUT2D eigenvalue weighted by Crippen LogP contribution is -2.34. The van der Waals surface area contributed by atoms with E-state index in [-0.39, 0.29) is 0 Å². The Morgan fingerprint density at radius 2 is 2.07 bits per heavy atom. The summed E-state index contributed by atoms with van der Waals surface area (Å²) in [6.45, 7) is 7.05. The van der Waals surface area contributed by atoms with Gasteiger partial charge in [0.15, 0.2) is 0 Å². The van der Waals surface area contributed by atoms with Gasteiger partial charge in [0.2, 0.25) is 0 Å². The normalized spacial score (nSPS) is 42.4. The third-order valence-corrected chi connectivity index (χ3v) is 5.10. The number of fused-ring (bicyclic) bond motifs is 1. The summed E-state index contributed by atoms with van der Waals surface area (Å²) >= 11 is 4.78. The lowest BCUT2D eigenvalue weighted by atomic mass is 9.67. The predicted molar refractivity (Wildman–Crippen MR) is 65.8 cm³/mol.